The molecule has 0 fully saturated rings. The molecule has 3 nitrogen and oxygen atoms in total. The first-order chi connectivity index (χ1) is 11.4. The Morgan fingerprint density at radius 2 is 1.50 bits per heavy atom. The fraction of sp³-hybridized carbons (Fsp3) is 0.263. The van der Waals surface area contributed by atoms with Crippen LogP contribution in [-0.2, 0) is 19.9 Å². The van der Waals surface area contributed by atoms with Gasteiger partial charge < -0.3 is 0 Å². The second kappa shape index (κ2) is 6.81. The Hall–Kier alpha value is -1.46. The normalized spacial score (nSPS) is 19.3. The molecule has 124 valence electrons. The molecule has 3 rings (SSSR count). The Kier molecular flexibility index (Phi) is 4.92. The van der Waals surface area contributed by atoms with Gasteiger partial charge in [-0.25, -0.2) is 0 Å². The molecule has 0 N–H and O–H groups in total. The number of halogens is 2. The van der Waals surface area contributed by atoms with Gasteiger partial charge in [0, 0.05) is 31.1 Å². The second-order valence-electron chi connectivity index (χ2n) is 5.99. The highest BCUT2D eigenvalue weighted by atomic mass is 79.9. The minimum atomic E-state index is -0.822. The van der Waals surface area contributed by atoms with E-state index in [1.54, 1.807) is 13.8 Å². The van der Waals surface area contributed by atoms with Crippen molar-refractivity contribution in [1.82, 2.24) is 0 Å². The minimum absolute atomic E-state index is 0.0781. The maximum absolute atomic E-state index is 12.1. The molecule has 2 aromatic carbocycles. The van der Waals surface area contributed by atoms with Gasteiger partial charge in [-0.2, -0.15) is 0 Å². The monoisotopic (exact) mass is 451 g/mol. The maximum atomic E-state index is 12.1. The third-order valence-electron chi connectivity index (χ3n) is 4.41. The van der Waals surface area contributed by atoms with Crippen molar-refractivity contribution in [1.29, 1.82) is 0 Å². The van der Waals surface area contributed by atoms with Crippen LogP contribution in [0.25, 0.3) is 0 Å². The van der Waals surface area contributed by atoms with E-state index in [9.17, 15) is 4.79 Å². The van der Waals surface area contributed by atoms with Crippen LogP contribution in [0.5, 0.6) is 0 Å². The molecule has 1 unspecified atom stereocenters. The van der Waals surface area contributed by atoms with Crippen LogP contribution in [0.4, 0.5) is 0 Å². The Bertz CT molecular complexity index is 734. The lowest BCUT2D eigenvalue weighted by Gasteiger charge is -2.30. The molecule has 0 spiro atoms. The molecule has 0 amide bonds. The van der Waals surface area contributed by atoms with Crippen LogP contribution in [-0.4, -0.2) is 11.6 Å². The van der Waals surface area contributed by atoms with Gasteiger partial charge in [0.1, 0.15) is 11.7 Å². The first-order valence-corrected chi connectivity index (χ1v) is 9.22. The summed E-state index contributed by atoms with van der Waals surface area (Å²) < 4.78 is 7.48. The van der Waals surface area contributed by atoms with Gasteiger partial charge in [-0.15, -0.1) is 4.89 Å². The Morgan fingerprint density at radius 3 is 1.92 bits per heavy atom. The lowest BCUT2D eigenvalue weighted by atomic mass is 9.77. The van der Waals surface area contributed by atoms with Gasteiger partial charge in [0.2, 0.25) is 0 Å². The molecule has 1 aliphatic rings. The van der Waals surface area contributed by atoms with Gasteiger partial charge in [0.05, 0.1) is 6.92 Å². The number of hydrogen-bond acceptors (Lipinski definition) is 2. The molecule has 1 atom stereocenters. The van der Waals surface area contributed by atoms with Gasteiger partial charge >= 0.3 is 5.78 Å². The summed E-state index contributed by atoms with van der Waals surface area (Å²) in [6, 6.07) is 15.8. The van der Waals surface area contributed by atoms with Crippen molar-refractivity contribution in [3.63, 3.8) is 0 Å². The molecule has 1 aliphatic heterocycles. The largest absolute Gasteiger partial charge is 0.393 e. The number of carbonyl (C=O) groups excluding carboxylic acids is 2. The maximum Gasteiger partial charge on any atom is 0.393 e. The molecule has 0 saturated carbocycles. The molecule has 1 heterocycles. The molecule has 0 saturated heterocycles. The molecule has 0 aromatic heterocycles. The van der Waals surface area contributed by atoms with Crippen LogP contribution in [0.1, 0.15) is 31.4 Å². The van der Waals surface area contributed by atoms with Crippen molar-refractivity contribution in [2.45, 2.75) is 25.9 Å². The van der Waals surface area contributed by atoms with Crippen molar-refractivity contribution >= 4 is 43.4 Å². The summed E-state index contributed by atoms with van der Waals surface area (Å²) in [4.78, 5) is 18.0. The molecule has 24 heavy (non-hydrogen) atoms. The quantitative estimate of drug-likeness (QED) is 0.368. The third-order valence-corrected chi connectivity index (χ3v) is 5.47. The van der Waals surface area contributed by atoms with Crippen molar-refractivity contribution in [2.24, 2.45) is 5.92 Å². The van der Waals surface area contributed by atoms with Crippen LogP contribution in [0.2, 0.25) is 0 Å². The van der Waals surface area contributed by atoms with E-state index in [-0.39, 0.29) is 11.7 Å². The highest BCUT2D eigenvalue weighted by molar-refractivity contribution is 9.10. The Labute approximate surface area is 157 Å². The van der Waals surface area contributed by atoms with Gasteiger partial charge in [-0.3, -0.25) is 4.79 Å². The van der Waals surface area contributed by atoms with Gasteiger partial charge in [0.15, 0.2) is 0 Å². The lowest BCUT2D eigenvalue weighted by Crippen LogP contribution is -2.41. The summed E-state index contributed by atoms with van der Waals surface area (Å²) in [6.45, 7) is 3.38. The molecule has 2 aromatic rings. The third kappa shape index (κ3) is 3.20. The average molecular weight is 453 g/mol. The first kappa shape index (κ1) is 17.4. The predicted molar refractivity (Wildman–Crippen MR) is 99.6 cm³/mol. The fourth-order valence-electron chi connectivity index (χ4n) is 3.03. The highest BCUT2D eigenvalue weighted by Crippen LogP contribution is 2.42. The smallest absolute Gasteiger partial charge is 0.299 e. The van der Waals surface area contributed by atoms with Crippen LogP contribution in [0, 0.1) is 5.92 Å². The zero-order valence-corrected chi connectivity index (χ0v) is 16.6. The summed E-state index contributed by atoms with van der Waals surface area (Å²) in [6.07, 6.45) is 0.511. The van der Waals surface area contributed by atoms with Crippen LogP contribution in [0.15, 0.2) is 57.5 Å². The number of hydrogen-bond donors (Lipinski definition) is 0. The SMILES string of the molecule is CC(=O)C1CC(c2ccc(Br)cc2)(c2ccc(Br)cc2)O[O+]=C1C. The fourth-order valence-corrected chi connectivity index (χ4v) is 3.56. The standard InChI is InChI=1S/C19H17Br2O3/c1-12(22)18-11-19(24-23-13(18)2,14-3-7-16(20)8-4-14)15-5-9-17(21)10-6-15/h3-10,18H,11H2,1-2H3/q+1. The van der Waals surface area contributed by atoms with Crippen LogP contribution < -0.4 is 0 Å². The molecule has 0 radical (unpaired) electrons. The summed E-state index contributed by atoms with van der Waals surface area (Å²) in [5.74, 6) is 0.382. The van der Waals surface area contributed by atoms with E-state index in [1.807, 2.05) is 48.5 Å². The van der Waals surface area contributed by atoms with E-state index in [2.05, 4.69) is 31.9 Å². The second-order valence-corrected chi connectivity index (χ2v) is 7.82. The van der Waals surface area contributed by atoms with Crippen LogP contribution >= 0.6 is 31.9 Å². The Balaban J connectivity index is 2.16. The van der Waals surface area contributed by atoms with Gasteiger partial charge in [0.25, 0.3) is 5.60 Å². The summed E-state index contributed by atoms with van der Waals surface area (Å²) in [5.41, 5.74) is 1.08. The summed E-state index contributed by atoms with van der Waals surface area (Å²) in [5, 5.41) is 0. The van der Waals surface area contributed by atoms with Crippen molar-refractivity contribution < 1.29 is 14.3 Å². The zero-order chi connectivity index (χ0) is 17.3. The minimum Gasteiger partial charge on any atom is -0.299 e. The van der Waals surface area contributed by atoms with Crippen molar-refractivity contribution in [2.75, 3.05) is 0 Å². The van der Waals surface area contributed by atoms with E-state index in [0.717, 1.165) is 20.1 Å². The van der Waals surface area contributed by atoms with E-state index >= 15 is 0 Å². The number of rotatable bonds is 3. The highest BCUT2D eigenvalue weighted by Gasteiger charge is 2.52. The molecular weight excluding hydrogens is 436 g/mol. The summed E-state index contributed by atoms with van der Waals surface area (Å²) in [7, 11) is 0. The number of Topliss-reactive ketones (excluding diaryl/α,β-unsaturated/α-hetero) is 1. The predicted octanol–water partition coefficient (Wildman–Crippen LogP) is 5.12. The van der Waals surface area contributed by atoms with E-state index in [1.165, 1.54) is 0 Å². The number of benzene rings is 2. The van der Waals surface area contributed by atoms with E-state index in [0.29, 0.717) is 12.2 Å². The number of carbonyl (C=O) groups is 1. The topological polar surface area (TPSA) is 37.6 Å². The first-order valence-electron chi connectivity index (χ1n) is 7.64. The zero-order valence-electron chi connectivity index (χ0n) is 13.4. The Morgan fingerprint density at radius 1 is 1.04 bits per heavy atom. The molecule has 0 aliphatic carbocycles. The van der Waals surface area contributed by atoms with E-state index in [4.69, 9.17) is 9.46 Å². The van der Waals surface area contributed by atoms with Crippen molar-refractivity contribution in [3.05, 3.63) is 68.6 Å². The average Bonchev–Trinajstić information content (AvgIpc) is 2.57. The number of ketones is 2. The van der Waals surface area contributed by atoms with E-state index < -0.39 is 5.60 Å². The van der Waals surface area contributed by atoms with Gasteiger partial charge in [-0.1, -0.05) is 56.1 Å². The molecule has 0 bridgehead atoms. The lowest BCUT2D eigenvalue weighted by molar-refractivity contribution is -0.785. The molecular formula is C19H17Br2O3+. The van der Waals surface area contributed by atoms with Crippen LogP contribution in [0.3, 0.4) is 0 Å². The summed E-state index contributed by atoms with van der Waals surface area (Å²) >= 11 is 6.92. The van der Waals surface area contributed by atoms with Gasteiger partial charge in [-0.05, 0) is 31.2 Å². The molecule has 5 heteroatoms. The van der Waals surface area contributed by atoms with Crippen molar-refractivity contribution in [3.8, 4) is 0 Å².